The monoisotopic (exact) mass is 554 g/mol. The van der Waals surface area contributed by atoms with Gasteiger partial charge in [0.1, 0.15) is 11.4 Å². The van der Waals surface area contributed by atoms with E-state index in [1.165, 1.54) is 0 Å². The summed E-state index contributed by atoms with van der Waals surface area (Å²) in [6.07, 6.45) is 0. The lowest BCUT2D eigenvalue weighted by Crippen LogP contribution is -1.77. The molecule has 0 saturated carbocycles. The highest BCUT2D eigenvalue weighted by molar-refractivity contribution is 6.08. The molecule has 0 unspecified atom stereocenters. The fourth-order valence-electron chi connectivity index (χ4n) is 5.57. The normalized spacial score (nSPS) is 11.2. The maximum atomic E-state index is 11.3. The topological polar surface area (TPSA) is 162 Å². The molecule has 0 radical (unpaired) electrons. The molecular formula is C32H22N6O4. The Balaban J connectivity index is 0.000000137. The number of para-hydroxylation sites is 4. The third kappa shape index (κ3) is 3.81. The van der Waals surface area contributed by atoms with Crippen LogP contribution in [0.3, 0.4) is 0 Å². The van der Waals surface area contributed by atoms with Crippen molar-refractivity contribution in [3.05, 3.63) is 107 Å². The fourth-order valence-corrected chi connectivity index (χ4v) is 5.57. The van der Waals surface area contributed by atoms with Gasteiger partial charge >= 0.3 is 0 Å². The Morgan fingerprint density at radius 1 is 0.429 bits per heavy atom. The van der Waals surface area contributed by atoms with Crippen LogP contribution in [0.2, 0.25) is 0 Å². The van der Waals surface area contributed by atoms with E-state index in [-0.39, 0.29) is 11.8 Å². The molecule has 0 atom stereocenters. The highest BCUT2D eigenvalue weighted by Crippen LogP contribution is 2.45. The second-order valence-corrected chi connectivity index (χ2v) is 9.76. The van der Waals surface area contributed by atoms with Crippen LogP contribution in [0.5, 0.6) is 11.8 Å². The van der Waals surface area contributed by atoms with Crippen LogP contribution < -0.4 is 0 Å². The first kappa shape index (κ1) is 24.9. The van der Waals surface area contributed by atoms with Gasteiger partial charge in [-0.25, -0.2) is 0 Å². The minimum atomic E-state index is 0.0210. The summed E-state index contributed by atoms with van der Waals surface area (Å²) < 4.78 is 0. The molecule has 6 N–H and O–H groups in total. The third-order valence-corrected chi connectivity index (χ3v) is 7.41. The third-order valence-electron chi connectivity index (χ3n) is 7.41. The Bertz CT molecular complexity index is 2130. The molecule has 0 aliphatic carbocycles. The van der Waals surface area contributed by atoms with Crippen LogP contribution in [0.1, 0.15) is 0 Å². The van der Waals surface area contributed by atoms with E-state index in [2.05, 4.69) is 30.3 Å². The van der Waals surface area contributed by atoms with Gasteiger partial charge in [0.2, 0.25) is 0 Å². The summed E-state index contributed by atoms with van der Waals surface area (Å²) in [5, 5.41) is 29.9. The van der Waals surface area contributed by atoms with Gasteiger partial charge in [-0.05, 0) is 34.6 Å². The van der Waals surface area contributed by atoms with E-state index >= 15 is 0 Å². The fraction of sp³-hybridized carbons (Fsp3) is 0. The molecule has 0 bridgehead atoms. The molecule has 10 heteroatoms. The molecule has 8 rings (SSSR count). The first-order valence-corrected chi connectivity index (χ1v) is 13.1. The second kappa shape index (κ2) is 9.79. The summed E-state index contributed by atoms with van der Waals surface area (Å²) >= 11 is 0. The number of aromatic amines is 4. The van der Waals surface area contributed by atoms with Gasteiger partial charge in [-0.2, -0.15) is 0 Å². The SMILES string of the molecule is O=Nc1c(-c2c(O)[nH]c3ccccc23)[nH]c2ccccc12.O=Nc1c(-c2c(O)[nH]c3ccccc23)[nH]c2ccccc12. The van der Waals surface area contributed by atoms with Crippen molar-refractivity contribution < 1.29 is 10.2 Å². The van der Waals surface area contributed by atoms with E-state index in [9.17, 15) is 20.0 Å². The molecule has 0 aliphatic heterocycles. The molecule has 204 valence electrons. The van der Waals surface area contributed by atoms with Crippen LogP contribution in [-0.2, 0) is 0 Å². The van der Waals surface area contributed by atoms with Crippen molar-refractivity contribution in [3.8, 4) is 34.3 Å². The van der Waals surface area contributed by atoms with E-state index in [1.807, 2.05) is 97.1 Å². The minimum Gasteiger partial charge on any atom is -0.494 e. The summed E-state index contributed by atoms with van der Waals surface area (Å²) in [7, 11) is 0. The lowest BCUT2D eigenvalue weighted by atomic mass is 10.1. The zero-order valence-electron chi connectivity index (χ0n) is 21.8. The average Bonchev–Trinajstić information content (AvgIpc) is 3.75. The summed E-state index contributed by atoms with van der Waals surface area (Å²) in [6.45, 7) is 0. The first-order valence-electron chi connectivity index (χ1n) is 13.1. The van der Waals surface area contributed by atoms with Gasteiger partial charge in [0.05, 0.1) is 22.5 Å². The number of rotatable bonds is 4. The molecule has 0 amide bonds. The quantitative estimate of drug-likeness (QED) is 0.120. The Hall–Kier alpha value is -6.16. The number of nitrogens with one attached hydrogen (secondary N) is 4. The maximum absolute atomic E-state index is 11.3. The molecule has 8 aromatic rings. The van der Waals surface area contributed by atoms with Gasteiger partial charge in [-0.15, -0.1) is 9.81 Å². The number of nitrogens with zero attached hydrogens (tertiary/aromatic N) is 2. The first-order chi connectivity index (χ1) is 20.6. The van der Waals surface area contributed by atoms with E-state index in [4.69, 9.17) is 0 Å². The maximum Gasteiger partial charge on any atom is 0.199 e. The van der Waals surface area contributed by atoms with Gasteiger partial charge in [-0.3, -0.25) is 0 Å². The van der Waals surface area contributed by atoms with E-state index in [1.54, 1.807) is 0 Å². The van der Waals surface area contributed by atoms with Gasteiger partial charge in [0, 0.05) is 43.6 Å². The number of fused-ring (bicyclic) bond motifs is 4. The average molecular weight is 555 g/mol. The molecule has 4 heterocycles. The standard InChI is InChI=1S/2C16H11N3O2/c2*20-16-13(9-5-1-3-7-11(9)18-16)15-14(19-21)10-6-2-4-8-12(10)17-15/h2*1-8,17-18,20H. The summed E-state index contributed by atoms with van der Waals surface area (Å²) in [5.41, 5.74) is 6.05. The number of aromatic nitrogens is 4. The zero-order chi connectivity index (χ0) is 28.8. The number of H-pyrrole nitrogens is 4. The summed E-state index contributed by atoms with van der Waals surface area (Å²) in [6, 6.07) is 29.9. The molecule has 0 fully saturated rings. The number of aromatic hydroxyl groups is 2. The lowest BCUT2D eigenvalue weighted by Gasteiger charge is -1.98. The lowest BCUT2D eigenvalue weighted by molar-refractivity contribution is 0.459. The Kier molecular flexibility index (Phi) is 5.79. The van der Waals surface area contributed by atoms with Crippen molar-refractivity contribution in [2.75, 3.05) is 0 Å². The van der Waals surface area contributed by atoms with E-state index < -0.39 is 0 Å². The van der Waals surface area contributed by atoms with Crippen molar-refractivity contribution in [3.63, 3.8) is 0 Å². The minimum absolute atomic E-state index is 0.0210. The number of benzene rings is 4. The van der Waals surface area contributed by atoms with Gasteiger partial charge in [-0.1, -0.05) is 72.8 Å². The van der Waals surface area contributed by atoms with Gasteiger partial charge in [0.25, 0.3) is 0 Å². The predicted octanol–water partition coefficient (Wildman–Crippen LogP) is 8.84. The van der Waals surface area contributed by atoms with Crippen molar-refractivity contribution in [2.24, 2.45) is 10.4 Å². The van der Waals surface area contributed by atoms with Crippen molar-refractivity contribution >= 4 is 55.0 Å². The highest BCUT2D eigenvalue weighted by Gasteiger charge is 2.22. The molecule has 4 aromatic heterocycles. The number of nitroso groups, excluding NO2 is 2. The van der Waals surface area contributed by atoms with Crippen molar-refractivity contribution in [2.45, 2.75) is 0 Å². The molecule has 4 aromatic carbocycles. The van der Waals surface area contributed by atoms with Crippen LogP contribution in [0.25, 0.3) is 66.1 Å². The van der Waals surface area contributed by atoms with Gasteiger partial charge in [0.15, 0.2) is 11.8 Å². The van der Waals surface area contributed by atoms with Crippen LogP contribution in [0.4, 0.5) is 11.4 Å². The van der Waals surface area contributed by atoms with Crippen LogP contribution in [-0.4, -0.2) is 30.1 Å². The second-order valence-electron chi connectivity index (χ2n) is 9.76. The van der Waals surface area contributed by atoms with E-state index in [0.29, 0.717) is 33.9 Å². The number of hydrogen-bond acceptors (Lipinski definition) is 6. The van der Waals surface area contributed by atoms with Crippen molar-refractivity contribution in [1.82, 2.24) is 19.9 Å². The molecular weight excluding hydrogens is 532 g/mol. The van der Waals surface area contributed by atoms with Crippen LogP contribution >= 0.6 is 0 Å². The molecule has 42 heavy (non-hydrogen) atoms. The summed E-state index contributed by atoms with van der Waals surface area (Å²) in [4.78, 5) is 34.7. The summed E-state index contributed by atoms with van der Waals surface area (Å²) in [5.74, 6) is 0.0420. The molecule has 0 aliphatic rings. The predicted molar refractivity (Wildman–Crippen MR) is 165 cm³/mol. The Morgan fingerprint density at radius 2 is 0.738 bits per heavy atom. The van der Waals surface area contributed by atoms with Crippen LogP contribution in [0.15, 0.2) is 107 Å². The molecule has 0 saturated heterocycles. The number of hydrogen-bond donors (Lipinski definition) is 6. The Morgan fingerprint density at radius 3 is 1.10 bits per heavy atom. The van der Waals surface area contributed by atoms with E-state index in [0.717, 1.165) is 43.6 Å². The molecule has 0 spiro atoms. The molecule has 10 nitrogen and oxygen atoms in total. The largest absolute Gasteiger partial charge is 0.494 e. The zero-order valence-corrected chi connectivity index (χ0v) is 21.8. The van der Waals surface area contributed by atoms with Crippen molar-refractivity contribution in [1.29, 1.82) is 0 Å². The van der Waals surface area contributed by atoms with Crippen LogP contribution in [0, 0.1) is 9.81 Å². The van der Waals surface area contributed by atoms with Gasteiger partial charge < -0.3 is 30.1 Å². The smallest absolute Gasteiger partial charge is 0.199 e. The Labute approximate surface area is 236 Å². The highest BCUT2D eigenvalue weighted by atomic mass is 16.3.